The number of amides is 1. The van der Waals surface area contributed by atoms with Gasteiger partial charge in [-0.05, 0) is 86.3 Å². The topological polar surface area (TPSA) is 79.3 Å². The van der Waals surface area contributed by atoms with E-state index in [9.17, 15) is 18.4 Å². The highest BCUT2D eigenvalue weighted by molar-refractivity contribution is 8.26. The Bertz CT molecular complexity index is 1480. The normalized spacial score (nSPS) is 14.3. The first-order valence-corrected chi connectivity index (χ1v) is 13.9. The van der Waals surface area contributed by atoms with E-state index in [-0.39, 0.29) is 11.5 Å². The first-order chi connectivity index (χ1) is 19.6. The molecule has 1 aliphatic heterocycles. The van der Waals surface area contributed by atoms with Gasteiger partial charge in [-0.3, -0.25) is 9.69 Å². The van der Waals surface area contributed by atoms with Gasteiger partial charge in [0.1, 0.15) is 22.4 Å². The third-order valence-corrected chi connectivity index (χ3v) is 7.49. The Morgan fingerprint density at radius 2 is 1.71 bits per heavy atom. The van der Waals surface area contributed by atoms with Crippen molar-refractivity contribution in [3.63, 3.8) is 0 Å². The number of thiocarbonyl (C=S) groups is 1. The summed E-state index contributed by atoms with van der Waals surface area (Å²) in [7, 11) is 3.86. The summed E-state index contributed by atoms with van der Waals surface area (Å²) < 4.78 is 39.5. The van der Waals surface area contributed by atoms with Crippen LogP contribution in [0.25, 0.3) is 17.2 Å². The minimum atomic E-state index is -1.01. The third-order valence-electron chi connectivity index (χ3n) is 6.12. The molecule has 7 nitrogen and oxygen atoms in total. The van der Waals surface area contributed by atoms with Crippen molar-refractivity contribution in [3.8, 4) is 22.6 Å². The zero-order valence-electron chi connectivity index (χ0n) is 22.4. The molecule has 0 unspecified atom stereocenters. The number of carboxylic acid groups (broad SMARTS) is 1. The van der Waals surface area contributed by atoms with E-state index in [2.05, 4.69) is 0 Å². The minimum Gasteiger partial charge on any atom is -0.494 e. The molecule has 1 N–H and O–H groups in total. The fourth-order valence-electron chi connectivity index (χ4n) is 3.93. The number of ether oxygens (including phenoxy) is 2. The van der Waals surface area contributed by atoms with E-state index in [1.165, 1.54) is 34.9 Å². The van der Waals surface area contributed by atoms with Gasteiger partial charge in [0.05, 0.1) is 17.1 Å². The van der Waals surface area contributed by atoms with Crippen molar-refractivity contribution in [3.05, 3.63) is 88.3 Å². The summed E-state index contributed by atoms with van der Waals surface area (Å²) in [5, 5.41) is 9.00. The van der Waals surface area contributed by atoms with E-state index in [0.717, 1.165) is 12.1 Å². The zero-order valence-corrected chi connectivity index (χ0v) is 24.1. The average molecular weight is 599 g/mol. The van der Waals surface area contributed by atoms with Gasteiger partial charge in [0.15, 0.2) is 11.6 Å². The molecule has 0 aliphatic carbocycles. The molecule has 0 atom stereocenters. The predicted molar refractivity (Wildman–Crippen MR) is 159 cm³/mol. The maximum atomic E-state index is 13.9. The molecule has 0 spiro atoms. The summed E-state index contributed by atoms with van der Waals surface area (Å²) in [4.78, 5) is 28.1. The second kappa shape index (κ2) is 13.7. The minimum absolute atomic E-state index is 0.170. The molecule has 1 saturated heterocycles. The van der Waals surface area contributed by atoms with Crippen molar-refractivity contribution in [2.45, 2.75) is 6.42 Å². The van der Waals surface area contributed by atoms with Crippen LogP contribution in [0.4, 0.5) is 8.78 Å². The van der Waals surface area contributed by atoms with E-state index in [0.29, 0.717) is 70.1 Å². The van der Waals surface area contributed by atoms with Crippen LogP contribution in [0.3, 0.4) is 0 Å². The Hall–Kier alpha value is -3.80. The molecular weight excluding hydrogens is 570 g/mol. The van der Waals surface area contributed by atoms with Crippen LogP contribution in [0.5, 0.6) is 11.5 Å². The van der Waals surface area contributed by atoms with Crippen molar-refractivity contribution in [1.29, 1.82) is 0 Å². The molecule has 0 aromatic heterocycles. The molecule has 3 aromatic carbocycles. The Morgan fingerprint density at radius 3 is 2.39 bits per heavy atom. The SMILES string of the molecule is CN(C)CCOc1ccc(-c2ccc(F)c(F)c2)cc1/C=C1\SC(=S)N(CCCOc2ccc(C(=O)O)cc2)C1=O. The van der Waals surface area contributed by atoms with Crippen LogP contribution < -0.4 is 9.47 Å². The van der Waals surface area contributed by atoms with E-state index in [1.54, 1.807) is 36.4 Å². The number of carbonyl (C=O) groups excluding carboxylic acids is 1. The number of hydrogen-bond donors (Lipinski definition) is 1. The molecule has 1 aliphatic rings. The fraction of sp³-hybridized carbons (Fsp3) is 0.233. The van der Waals surface area contributed by atoms with Gasteiger partial charge < -0.3 is 19.5 Å². The Balaban J connectivity index is 1.47. The number of nitrogens with zero attached hydrogens (tertiary/aromatic N) is 2. The summed E-state index contributed by atoms with van der Waals surface area (Å²) in [6.45, 7) is 1.75. The first-order valence-electron chi connectivity index (χ1n) is 12.7. The molecule has 0 radical (unpaired) electrons. The standard InChI is InChI=1S/C30H28F2N2O5S2/c1-33(2)13-15-39-26-11-7-20(21-6-10-24(31)25(32)17-21)16-22(26)18-27-28(35)34(30(40)41-27)12-3-14-38-23-8-4-19(5-9-23)29(36)37/h4-11,16-18H,3,12-15H2,1-2H3,(H,36,37)/b27-18-. The van der Waals surface area contributed by atoms with Crippen LogP contribution in [0.1, 0.15) is 22.3 Å². The number of carboxylic acids is 1. The number of benzene rings is 3. The number of aromatic carboxylic acids is 1. The number of likely N-dealkylation sites (N-methyl/N-ethyl adjacent to an activating group) is 1. The molecule has 1 amide bonds. The smallest absolute Gasteiger partial charge is 0.335 e. The Labute approximate surface area is 246 Å². The van der Waals surface area contributed by atoms with Crippen LogP contribution in [0.15, 0.2) is 65.6 Å². The fourth-order valence-corrected chi connectivity index (χ4v) is 5.23. The number of rotatable bonds is 12. The lowest BCUT2D eigenvalue weighted by Gasteiger charge is -2.15. The van der Waals surface area contributed by atoms with Gasteiger partial charge in [0.2, 0.25) is 0 Å². The highest BCUT2D eigenvalue weighted by atomic mass is 32.2. The van der Waals surface area contributed by atoms with Crippen LogP contribution in [0.2, 0.25) is 0 Å². The van der Waals surface area contributed by atoms with Crippen molar-refractivity contribution in [2.24, 2.45) is 0 Å². The van der Waals surface area contributed by atoms with E-state index < -0.39 is 17.6 Å². The summed E-state index contributed by atoms with van der Waals surface area (Å²) >= 11 is 6.65. The lowest BCUT2D eigenvalue weighted by Crippen LogP contribution is -2.29. The highest BCUT2D eigenvalue weighted by Gasteiger charge is 2.32. The molecule has 41 heavy (non-hydrogen) atoms. The summed E-state index contributed by atoms with van der Waals surface area (Å²) in [5.74, 6) is -2.06. The van der Waals surface area contributed by atoms with Gasteiger partial charge in [0.25, 0.3) is 5.91 Å². The first kappa shape index (κ1) is 30.2. The summed E-state index contributed by atoms with van der Waals surface area (Å²) in [6, 6.07) is 15.1. The molecule has 11 heteroatoms. The molecule has 0 bridgehead atoms. The zero-order chi connectivity index (χ0) is 29.5. The van der Waals surface area contributed by atoms with E-state index >= 15 is 0 Å². The number of halogens is 2. The largest absolute Gasteiger partial charge is 0.494 e. The molecule has 1 fully saturated rings. The number of hydrogen-bond acceptors (Lipinski definition) is 7. The highest BCUT2D eigenvalue weighted by Crippen LogP contribution is 2.36. The second-order valence-corrected chi connectivity index (χ2v) is 11.1. The summed E-state index contributed by atoms with van der Waals surface area (Å²) in [6.07, 6.45) is 2.21. The lowest BCUT2D eigenvalue weighted by molar-refractivity contribution is -0.122. The van der Waals surface area contributed by atoms with Crippen LogP contribution in [0, 0.1) is 11.6 Å². The Kier molecular flexibility index (Phi) is 10.1. The van der Waals surface area contributed by atoms with Crippen molar-refractivity contribution in [2.75, 3.05) is 40.4 Å². The van der Waals surface area contributed by atoms with Crippen LogP contribution in [-0.4, -0.2) is 71.5 Å². The van der Waals surface area contributed by atoms with Gasteiger partial charge in [-0.15, -0.1) is 0 Å². The van der Waals surface area contributed by atoms with Crippen molar-refractivity contribution >= 4 is 46.3 Å². The van der Waals surface area contributed by atoms with Crippen LogP contribution in [-0.2, 0) is 4.79 Å². The van der Waals surface area contributed by atoms with E-state index in [1.807, 2.05) is 19.0 Å². The van der Waals surface area contributed by atoms with Gasteiger partial charge in [-0.1, -0.05) is 36.1 Å². The summed E-state index contributed by atoms with van der Waals surface area (Å²) in [5.41, 5.74) is 1.91. The maximum absolute atomic E-state index is 13.9. The predicted octanol–water partition coefficient (Wildman–Crippen LogP) is 5.94. The monoisotopic (exact) mass is 598 g/mol. The number of carbonyl (C=O) groups is 2. The van der Waals surface area contributed by atoms with Gasteiger partial charge in [0, 0.05) is 18.7 Å². The van der Waals surface area contributed by atoms with Crippen molar-refractivity contribution in [1.82, 2.24) is 9.80 Å². The van der Waals surface area contributed by atoms with Crippen molar-refractivity contribution < 1.29 is 33.0 Å². The van der Waals surface area contributed by atoms with Gasteiger partial charge in [-0.2, -0.15) is 0 Å². The number of thioether (sulfide) groups is 1. The molecular formula is C30H28F2N2O5S2. The molecule has 0 saturated carbocycles. The van der Waals surface area contributed by atoms with Gasteiger partial charge >= 0.3 is 5.97 Å². The van der Waals surface area contributed by atoms with Crippen LogP contribution >= 0.6 is 24.0 Å². The Morgan fingerprint density at radius 1 is 1.00 bits per heavy atom. The average Bonchev–Trinajstić information content (AvgIpc) is 3.20. The molecule has 214 valence electrons. The molecule has 3 aromatic rings. The van der Waals surface area contributed by atoms with Gasteiger partial charge in [-0.25, -0.2) is 13.6 Å². The second-order valence-electron chi connectivity index (χ2n) is 9.40. The lowest BCUT2D eigenvalue weighted by atomic mass is 10.0. The quantitative estimate of drug-likeness (QED) is 0.156. The third kappa shape index (κ3) is 7.90. The molecule has 4 rings (SSSR count). The van der Waals surface area contributed by atoms with E-state index in [4.69, 9.17) is 26.8 Å². The maximum Gasteiger partial charge on any atom is 0.335 e. The molecule has 1 heterocycles.